The zero-order chi connectivity index (χ0) is 19.2. The molecule has 0 aliphatic carbocycles. The van der Waals surface area contributed by atoms with E-state index in [0.29, 0.717) is 22.2 Å². The van der Waals surface area contributed by atoms with Gasteiger partial charge in [0.05, 0.1) is 18.2 Å². The highest BCUT2D eigenvalue weighted by Gasteiger charge is 2.15. The van der Waals surface area contributed by atoms with Gasteiger partial charge in [-0.1, -0.05) is 12.1 Å². The Morgan fingerprint density at radius 1 is 1.00 bits per heavy atom. The number of pyridine rings is 1. The minimum Gasteiger partial charge on any atom is -0.497 e. The second-order valence-corrected chi connectivity index (χ2v) is 5.56. The molecule has 0 aliphatic rings. The van der Waals surface area contributed by atoms with Gasteiger partial charge in [0.2, 0.25) is 0 Å². The van der Waals surface area contributed by atoms with Crippen molar-refractivity contribution in [3.63, 3.8) is 0 Å². The van der Waals surface area contributed by atoms with E-state index >= 15 is 0 Å². The van der Waals surface area contributed by atoms with Crippen LogP contribution in [0, 0.1) is 0 Å². The molecule has 0 radical (unpaired) electrons. The van der Waals surface area contributed by atoms with Crippen molar-refractivity contribution in [1.29, 1.82) is 0 Å². The second-order valence-electron chi connectivity index (χ2n) is 5.56. The van der Waals surface area contributed by atoms with Gasteiger partial charge in [0.25, 0.3) is 11.8 Å². The number of esters is 1. The van der Waals surface area contributed by atoms with Crippen LogP contribution >= 0.6 is 0 Å². The summed E-state index contributed by atoms with van der Waals surface area (Å²) < 4.78 is 10.0. The quantitative estimate of drug-likeness (QED) is 0.699. The number of nitrogens with zero attached hydrogens (tertiary/aromatic N) is 1. The van der Waals surface area contributed by atoms with E-state index in [2.05, 4.69) is 10.3 Å². The van der Waals surface area contributed by atoms with E-state index in [1.807, 2.05) is 0 Å². The maximum atomic E-state index is 12.3. The molecular weight excluding hydrogens is 348 g/mol. The number of hydrogen-bond acceptors (Lipinski definition) is 6. The van der Waals surface area contributed by atoms with Gasteiger partial charge in [-0.05, 0) is 42.5 Å². The third kappa shape index (κ3) is 4.27. The van der Waals surface area contributed by atoms with Crippen molar-refractivity contribution in [2.24, 2.45) is 0 Å². The average Bonchev–Trinajstić information content (AvgIpc) is 2.71. The zero-order valence-electron chi connectivity index (χ0n) is 14.5. The van der Waals surface area contributed by atoms with E-state index in [4.69, 9.17) is 9.47 Å². The summed E-state index contributed by atoms with van der Waals surface area (Å²) in [6, 6.07) is 14.7. The second kappa shape index (κ2) is 8.09. The summed E-state index contributed by atoms with van der Waals surface area (Å²) >= 11 is 0. The van der Waals surface area contributed by atoms with Crippen molar-refractivity contribution < 1.29 is 23.9 Å². The Labute approximate surface area is 154 Å². The van der Waals surface area contributed by atoms with Crippen molar-refractivity contribution in [2.45, 2.75) is 0 Å². The van der Waals surface area contributed by atoms with Crippen LogP contribution in [0.15, 0.2) is 60.8 Å². The van der Waals surface area contributed by atoms with Crippen LogP contribution < -0.4 is 10.1 Å². The minimum absolute atomic E-state index is 0.288. The topological polar surface area (TPSA) is 94.6 Å². The molecule has 0 unspecified atom stereocenters. The van der Waals surface area contributed by atoms with Gasteiger partial charge in [-0.2, -0.15) is 0 Å². The molecule has 0 saturated carbocycles. The summed E-state index contributed by atoms with van der Waals surface area (Å²) in [4.78, 5) is 40.4. The molecule has 0 aliphatic heterocycles. The van der Waals surface area contributed by atoms with E-state index in [0.717, 1.165) is 0 Å². The number of ether oxygens (including phenoxy) is 2. The van der Waals surface area contributed by atoms with Crippen LogP contribution in [0.25, 0.3) is 10.9 Å². The number of imide groups is 1. The Morgan fingerprint density at radius 3 is 2.52 bits per heavy atom. The molecule has 7 nitrogen and oxygen atoms in total. The fraction of sp³-hybridized carbons (Fsp3) is 0.100. The predicted molar refractivity (Wildman–Crippen MR) is 97.5 cm³/mol. The zero-order valence-corrected chi connectivity index (χ0v) is 14.5. The molecule has 3 aromatic rings. The molecule has 0 saturated heterocycles. The summed E-state index contributed by atoms with van der Waals surface area (Å²) in [7, 11) is 1.51. The lowest BCUT2D eigenvalue weighted by Gasteiger charge is -2.08. The van der Waals surface area contributed by atoms with Gasteiger partial charge in [-0.3, -0.25) is 19.9 Å². The largest absolute Gasteiger partial charge is 0.497 e. The maximum absolute atomic E-state index is 12.3. The third-order valence-corrected chi connectivity index (χ3v) is 3.81. The first kappa shape index (κ1) is 18.1. The molecule has 2 amide bonds. The number of hydrogen-bond donors (Lipinski definition) is 1. The first-order valence-corrected chi connectivity index (χ1v) is 8.07. The van der Waals surface area contributed by atoms with Crippen LogP contribution in [-0.2, 0) is 9.53 Å². The van der Waals surface area contributed by atoms with Gasteiger partial charge in [0.1, 0.15) is 5.75 Å². The lowest BCUT2D eigenvalue weighted by molar-refractivity contribution is -0.123. The van der Waals surface area contributed by atoms with Gasteiger partial charge < -0.3 is 9.47 Å². The van der Waals surface area contributed by atoms with E-state index in [1.165, 1.54) is 19.2 Å². The molecule has 136 valence electrons. The summed E-state index contributed by atoms with van der Waals surface area (Å²) in [6.07, 6.45) is 1.62. The first-order valence-electron chi connectivity index (χ1n) is 8.07. The molecule has 27 heavy (non-hydrogen) atoms. The molecule has 1 N–H and O–H groups in total. The molecule has 1 heterocycles. The Hall–Kier alpha value is -3.74. The molecule has 2 aromatic carbocycles. The number of nitrogens with one attached hydrogen (secondary N) is 1. The van der Waals surface area contributed by atoms with E-state index in [-0.39, 0.29) is 5.56 Å². The Bertz CT molecular complexity index is 993. The van der Waals surface area contributed by atoms with Gasteiger partial charge in [0, 0.05) is 17.1 Å². The number of carbonyl (C=O) groups excluding carboxylic acids is 3. The van der Waals surface area contributed by atoms with Crippen LogP contribution in [-0.4, -0.2) is 36.5 Å². The lowest BCUT2D eigenvalue weighted by atomic mass is 10.1. The van der Waals surface area contributed by atoms with Crippen molar-refractivity contribution in [3.8, 4) is 5.75 Å². The number of methoxy groups -OCH3 is 1. The van der Waals surface area contributed by atoms with Gasteiger partial charge in [0.15, 0.2) is 6.61 Å². The number of fused-ring (bicyclic) bond motifs is 1. The van der Waals surface area contributed by atoms with Crippen LogP contribution in [0.1, 0.15) is 20.7 Å². The molecular formula is C20H16N2O5. The fourth-order valence-electron chi connectivity index (χ4n) is 2.47. The summed E-state index contributed by atoms with van der Waals surface area (Å²) in [5.74, 6) is -1.38. The minimum atomic E-state index is -0.720. The molecule has 0 fully saturated rings. The summed E-state index contributed by atoms with van der Waals surface area (Å²) in [5, 5.41) is 2.79. The van der Waals surface area contributed by atoms with Crippen molar-refractivity contribution in [1.82, 2.24) is 10.3 Å². The maximum Gasteiger partial charge on any atom is 0.339 e. The molecule has 0 bridgehead atoms. The number of amides is 2. The fourth-order valence-corrected chi connectivity index (χ4v) is 2.47. The number of rotatable bonds is 5. The van der Waals surface area contributed by atoms with Gasteiger partial charge in [-0.15, -0.1) is 0 Å². The smallest absolute Gasteiger partial charge is 0.339 e. The molecule has 7 heteroatoms. The number of benzene rings is 2. The molecule has 0 spiro atoms. The van der Waals surface area contributed by atoms with Gasteiger partial charge in [-0.25, -0.2) is 4.79 Å². The first-order chi connectivity index (χ1) is 13.1. The number of carbonyl (C=O) groups is 3. The van der Waals surface area contributed by atoms with E-state index in [9.17, 15) is 14.4 Å². The van der Waals surface area contributed by atoms with E-state index < -0.39 is 24.4 Å². The van der Waals surface area contributed by atoms with E-state index in [1.54, 1.807) is 48.7 Å². The molecule has 1 aromatic heterocycles. The lowest BCUT2D eigenvalue weighted by Crippen LogP contribution is -2.34. The Morgan fingerprint density at radius 2 is 1.78 bits per heavy atom. The Kier molecular flexibility index (Phi) is 5.41. The summed E-state index contributed by atoms with van der Waals surface area (Å²) in [5.41, 5.74) is 1.23. The van der Waals surface area contributed by atoms with Crippen LogP contribution in [0.4, 0.5) is 0 Å². The highest BCUT2D eigenvalue weighted by atomic mass is 16.5. The monoisotopic (exact) mass is 364 g/mol. The summed E-state index contributed by atoms with van der Waals surface area (Å²) in [6.45, 7) is -0.572. The molecule has 3 rings (SSSR count). The highest BCUT2D eigenvalue weighted by Crippen LogP contribution is 2.17. The predicted octanol–water partition coefficient (Wildman–Crippen LogP) is 2.36. The SMILES string of the molecule is COc1ccc(C(=O)NC(=O)COC(=O)c2cccc3ncccc23)cc1. The third-order valence-electron chi connectivity index (χ3n) is 3.81. The highest BCUT2D eigenvalue weighted by molar-refractivity contribution is 6.07. The van der Waals surface area contributed by atoms with Crippen molar-refractivity contribution in [2.75, 3.05) is 13.7 Å². The standard InChI is InChI=1S/C20H16N2O5/c1-26-14-9-7-13(8-10-14)19(24)22-18(23)12-27-20(25)16-4-2-6-17-15(16)5-3-11-21-17/h2-11H,12H2,1H3,(H,22,23,24). The normalized spacial score (nSPS) is 10.3. The van der Waals surface area contributed by atoms with Crippen LogP contribution in [0.3, 0.4) is 0 Å². The average molecular weight is 364 g/mol. The molecule has 0 atom stereocenters. The van der Waals surface area contributed by atoms with Crippen LogP contribution in [0.2, 0.25) is 0 Å². The van der Waals surface area contributed by atoms with Gasteiger partial charge >= 0.3 is 5.97 Å². The van der Waals surface area contributed by atoms with Crippen LogP contribution in [0.5, 0.6) is 5.75 Å². The Balaban J connectivity index is 1.59. The number of aromatic nitrogens is 1. The van der Waals surface area contributed by atoms with Crippen molar-refractivity contribution in [3.05, 3.63) is 71.9 Å². The van der Waals surface area contributed by atoms with Crippen molar-refractivity contribution >= 4 is 28.7 Å².